The van der Waals surface area contributed by atoms with Gasteiger partial charge in [-0.15, -0.1) is 0 Å². The number of nitrogens with zero attached hydrogens (tertiary/aromatic N) is 5. The topological polar surface area (TPSA) is 65.6 Å². The van der Waals surface area contributed by atoms with Gasteiger partial charge in [-0.1, -0.05) is 23.2 Å². The Hall–Kier alpha value is -2.70. The van der Waals surface area contributed by atoms with Crippen LogP contribution < -0.4 is 5.56 Å². The lowest BCUT2D eigenvalue weighted by Crippen LogP contribution is -2.20. The van der Waals surface area contributed by atoms with Crippen molar-refractivity contribution in [2.45, 2.75) is 32.9 Å². The zero-order valence-corrected chi connectivity index (χ0v) is 17.4. The lowest BCUT2D eigenvalue weighted by Gasteiger charge is -2.08. The van der Waals surface area contributed by atoms with E-state index in [0.717, 1.165) is 22.2 Å². The maximum absolute atomic E-state index is 12.9. The number of allylic oxidation sites excluding steroid dienone is 1. The van der Waals surface area contributed by atoms with Crippen LogP contribution in [0, 0.1) is 0 Å². The van der Waals surface area contributed by atoms with Crippen molar-refractivity contribution in [3.63, 3.8) is 0 Å². The van der Waals surface area contributed by atoms with E-state index in [4.69, 9.17) is 28.2 Å². The molecule has 0 saturated heterocycles. The number of benzene rings is 1. The highest BCUT2D eigenvalue weighted by Crippen LogP contribution is 2.31. The average Bonchev–Trinajstić information content (AvgIpc) is 3.27. The standard InChI is InChI=1S/C21H17Cl2N5O/c1-11(2)28-20-14(10-24-28)8-13(18(23)26-20)7-12-5-6-27-19(12)25-17-4-3-15(22)9-16(17)21(27)29/h3-4,7-11H,5-6H2,1-2H3/b12-7-. The van der Waals surface area contributed by atoms with Crippen molar-refractivity contribution >= 4 is 56.8 Å². The molecule has 0 fully saturated rings. The fourth-order valence-electron chi connectivity index (χ4n) is 3.76. The van der Waals surface area contributed by atoms with Gasteiger partial charge in [0.15, 0.2) is 5.65 Å². The van der Waals surface area contributed by atoms with Gasteiger partial charge in [-0.25, -0.2) is 14.6 Å². The second-order valence-electron chi connectivity index (χ2n) is 7.44. The highest BCUT2D eigenvalue weighted by atomic mass is 35.5. The van der Waals surface area contributed by atoms with Gasteiger partial charge in [0.25, 0.3) is 5.56 Å². The molecule has 6 nitrogen and oxygen atoms in total. The van der Waals surface area contributed by atoms with Gasteiger partial charge in [-0.05, 0) is 56.2 Å². The Kier molecular flexibility index (Phi) is 4.22. The first-order valence-electron chi connectivity index (χ1n) is 9.37. The highest BCUT2D eigenvalue weighted by molar-refractivity contribution is 6.31. The normalized spacial score (nSPS) is 15.1. The number of rotatable bonds is 2. The van der Waals surface area contributed by atoms with Crippen LogP contribution in [0.25, 0.3) is 33.6 Å². The van der Waals surface area contributed by atoms with E-state index >= 15 is 0 Å². The molecular formula is C21H17Cl2N5O. The molecule has 1 aliphatic rings. The van der Waals surface area contributed by atoms with Crippen LogP contribution in [0.5, 0.6) is 0 Å². The molecule has 1 aromatic carbocycles. The van der Waals surface area contributed by atoms with Crippen LogP contribution in [0.4, 0.5) is 0 Å². The van der Waals surface area contributed by atoms with Crippen molar-refractivity contribution in [2.75, 3.05) is 0 Å². The van der Waals surface area contributed by atoms with E-state index in [-0.39, 0.29) is 11.6 Å². The summed E-state index contributed by atoms with van der Waals surface area (Å²) in [6.45, 7) is 4.68. The molecule has 0 aliphatic carbocycles. The highest BCUT2D eigenvalue weighted by Gasteiger charge is 2.22. The Morgan fingerprint density at radius 3 is 2.79 bits per heavy atom. The van der Waals surface area contributed by atoms with Gasteiger partial charge in [-0.2, -0.15) is 5.10 Å². The summed E-state index contributed by atoms with van der Waals surface area (Å²) in [5.41, 5.74) is 3.07. The van der Waals surface area contributed by atoms with E-state index in [2.05, 4.69) is 10.1 Å². The van der Waals surface area contributed by atoms with Gasteiger partial charge in [0.2, 0.25) is 0 Å². The van der Waals surface area contributed by atoms with E-state index < -0.39 is 0 Å². The Bertz CT molecular complexity index is 1380. The molecule has 8 heteroatoms. The Morgan fingerprint density at radius 2 is 2.00 bits per heavy atom. The first-order chi connectivity index (χ1) is 13.9. The summed E-state index contributed by atoms with van der Waals surface area (Å²) in [4.78, 5) is 22.1. The van der Waals surface area contributed by atoms with Crippen LogP contribution in [-0.4, -0.2) is 24.3 Å². The smallest absolute Gasteiger partial charge is 0.261 e. The van der Waals surface area contributed by atoms with Crippen LogP contribution >= 0.6 is 23.2 Å². The molecule has 146 valence electrons. The van der Waals surface area contributed by atoms with E-state index in [0.29, 0.717) is 39.9 Å². The van der Waals surface area contributed by atoms with E-state index in [1.807, 2.05) is 30.7 Å². The van der Waals surface area contributed by atoms with Crippen molar-refractivity contribution < 1.29 is 0 Å². The first kappa shape index (κ1) is 18.3. The predicted molar refractivity (Wildman–Crippen MR) is 116 cm³/mol. The fraction of sp³-hybridized carbons (Fsp3) is 0.238. The summed E-state index contributed by atoms with van der Waals surface area (Å²) in [5, 5.41) is 6.79. The SMILES string of the molecule is CC(C)n1ncc2cc(/C=C3/CCn4c3nc3ccc(Cl)cc3c4=O)c(Cl)nc21. The molecule has 5 rings (SSSR count). The van der Waals surface area contributed by atoms with Crippen LogP contribution in [-0.2, 0) is 6.54 Å². The number of fused-ring (bicyclic) bond motifs is 3. The summed E-state index contributed by atoms with van der Waals surface area (Å²) < 4.78 is 3.54. The third kappa shape index (κ3) is 2.94. The molecule has 0 spiro atoms. The van der Waals surface area contributed by atoms with E-state index in [1.54, 1.807) is 29.0 Å². The number of halogens is 2. The first-order valence-corrected chi connectivity index (χ1v) is 10.1. The van der Waals surface area contributed by atoms with Gasteiger partial charge < -0.3 is 0 Å². The third-order valence-electron chi connectivity index (χ3n) is 5.18. The molecule has 0 atom stereocenters. The molecule has 4 heterocycles. The molecular weight excluding hydrogens is 409 g/mol. The summed E-state index contributed by atoms with van der Waals surface area (Å²) in [5.74, 6) is 0.666. The fourth-order valence-corrected chi connectivity index (χ4v) is 4.13. The van der Waals surface area contributed by atoms with Crippen molar-refractivity contribution in [1.29, 1.82) is 0 Å². The quantitative estimate of drug-likeness (QED) is 0.425. The molecule has 0 radical (unpaired) electrons. The van der Waals surface area contributed by atoms with Crippen LogP contribution in [0.15, 0.2) is 35.3 Å². The molecule has 3 aromatic heterocycles. The predicted octanol–water partition coefficient (Wildman–Crippen LogP) is 4.97. The molecule has 0 amide bonds. The maximum atomic E-state index is 12.9. The number of aromatic nitrogens is 5. The summed E-state index contributed by atoms with van der Waals surface area (Å²) >= 11 is 12.5. The van der Waals surface area contributed by atoms with Gasteiger partial charge >= 0.3 is 0 Å². The number of hydrogen-bond donors (Lipinski definition) is 0. The molecule has 4 aromatic rings. The lowest BCUT2D eigenvalue weighted by atomic mass is 10.1. The maximum Gasteiger partial charge on any atom is 0.261 e. The van der Waals surface area contributed by atoms with Crippen LogP contribution in [0.2, 0.25) is 10.2 Å². The average molecular weight is 426 g/mol. The Morgan fingerprint density at radius 1 is 1.17 bits per heavy atom. The largest absolute Gasteiger partial charge is 0.292 e. The summed E-state index contributed by atoms with van der Waals surface area (Å²) in [6, 6.07) is 7.36. The number of pyridine rings is 1. The van der Waals surface area contributed by atoms with Gasteiger partial charge in [-0.3, -0.25) is 9.36 Å². The summed E-state index contributed by atoms with van der Waals surface area (Å²) in [7, 11) is 0. The minimum atomic E-state index is -0.0752. The van der Waals surface area contributed by atoms with Crippen LogP contribution in [0.1, 0.15) is 37.7 Å². The van der Waals surface area contributed by atoms with Gasteiger partial charge in [0, 0.05) is 28.6 Å². The molecule has 29 heavy (non-hydrogen) atoms. The zero-order valence-electron chi connectivity index (χ0n) is 15.9. The van der Waals surface area contributed by atoms with Crippen LogP contribution in [0.3, 0.4) is 0 Å². The van der Waals surface area contributed by atoms with Gasteiger partial charge in [0.05, 0.1) is 17.1 Å². The Labute approximate surface area is 176 Å². The molecule has 0 unspecified atom stereocenters. The van der Waals surface area contributed by atoms with Crippen molar-refractivity contribution in [2.24, 2.45) is 0 Å². The second-order valence-corrected chi connectivity index (χ2v) is 8.23. The van der Waals surface area contributed by atoms with Crippen molar-refractivity contribution in [3.8, 4) is 0 Å². The molecule has 0 N–H and O–H groups in total. The Balaban J connectivity index is 1.65. The second kappa shape index (κ2) is 6.68. The molecule has 1 aliphatic heterocycles. The molecule has 0 saturated carbocycles. The molecule has 0 bridgehead atoms. The minimum Gasteiger partial charge on any atom is -0.292 e. The monoisotopic (exact) mass is 425 g/mol. The zero-order chi connectivity index (χ0) is 20.3. The minimum absolute atomic E-state index is 0.0752. The van der Waals surface area contributed by atoms with Crippen molar-refractivity contribution in [3.05, 3.63) is 62.4 Å². The van der Waals surface area contributed by atoms with E-state index in [1.165, 1.54) is 0 Å². The number of hydrogen-bond acceptors (Lipinski definition) is 4. The van der Waals surface area contributed by atoms with Crippen molar-refractivity contribution in [1.82, 2.24) is 24.3 Å². The third-order valence-corrected chi connectivity index (χ3v) is 5.71. The van der Waals surface area contributed by atoms with Gasteiger partial charge in [0.1, 0.15) is 11.0 Å². The van der Waals surface area contributed by atoms with E-state index in [9.17, 15) is 4.79 Å². The lowest BCUT2D eigenvalue weighted by molar-refractivity contribution is 0.546. The summed E-state index contributed by atoms with van der Waals surface area (Å²) in [6.07, 6.45) is 4.46.